The van der Waals surface area contributed by atoms with E-state index in [9.17, 15) is 4.79 Å². The van der Waals surface area contributed by atoms with Crippen LogP contribution in [-0.2, 0) is 11.8 Å². The first-order chi connectivity index (χ1) is 16.0. The molecule has 3 N–H and O–H groups in total. The molecular weight excluding hydrogens is 440 g/mol. The number of ether oxygens (including phenoxy) is 2. The Balaban J connectivity index is 1.40. The van der Waals surface area contributed by atoms with E-state index in [1.54, 1.807) is 25.2 Å². The maximum absolute atomic E-state index is 12.7. The van der Waals surface area contributed by atoms with E-state index in [0.29, 0.717) is 23.7 Å². The molecule has 1 aliphatic rings. The molecule has 2 amide bonds. The van der Waals surface area contributed by atoms with Crippen molar-refractivity contribution in [3.05, 3.63) is 59.9 Å². The summed E-state index contributed by atoms with van der Waals surface area (Å²) in [5.74, 6) is 0.583. The summed E-state index contributed by atoms with van der Waals surface area (Å²) in [4.78, 5) is 12.7. The topological polar surface area (TPSA) is 102 Å². The quantitative estimate of drug-likeness (QED) is 0.451. The van der Waals surface area contributed by atoms with Crippen LogP contribution in [0.5, 0.6) is 5.75 Å². The number of carbonyl (C=O) groups is 1. The molecule has 0 spiro atoms. The average molecular weight is 469 g/mol. The summed E-state index contributed by atoms with van der Waals surface area (Å²) < 4.78 is 13.2. The third kappa shape index (κ3) is 5.84. The molecule has 0 bridgehead atoms. The molecule has 2 atom stereocenters. The lowest BCUT2D eigenvalue weighted by Gasteiger charge is -2.24. The Kier molecular flexibility index (Phi) is 7.48. The molecule has 0 aliphatic carbocycles. The van der Waals surface area contributed by atoms with E-state index >= 15 is 0 Å². The Morgan fingerprint density at radius 1 is 1.30 bits per heavy atom. The van der Waals surface area contributed by atoms with Crippen LogP contribution in [0.3, 0.4) is 0 Å². The molecule has 2 aromatic carbocycles. The maximum atomic E-state index is 12.7. The van der Waals surface area contributed by atoms with Crippen LogP contribution in [0.1, 0.15) is 29.4 Å². The minimum absolute atomic E-state index is 0.0281. The van der Waals surface area contributed by atoms with E-state index in [4.69, 9.17) is 9.47 Å². The van der Waals surface area contributed by atoms with Gasteiger partial charge in [-0.05, 0) is 42.3 Å². The predicted octanol–water partition coefficient (Wildman–Crippen LogP) is 3.98. The number of nitrogens with one attached hydrogen (secondary N) is 3. The van der Waals surface area contributed by atoms with E-state index in [-0.39, 0.29) is 17.4 Å². The minimum atomic E-state index is -0.345. The number of rotatable bonds is 7. The fourth-order valence-electron chi connectivity index (χ4n) is 3.55. The van der Waals surface area contributed by atoms with Gasteiger partial charge in [0.1, 0.15) is 12.1 Å². The Labute approximate surface area is 197 Å². The maximum Gasteiger partial charge on any atom is 0.323 e. The number of anilines is 2. The van der Waals surface area contributed by atoms with Crippen molar-refractivity contribution in [3.63, 3.8) is 0 Å². The number of aromatic nitrogens is 3. The summed E-state index contributed by atoms with van der Waals surface area (Å²) >= 11 is 1.61. The number of aryl methyl sites for hydroxylation is 1. The number of carbonyl (C=O) groups excluding carboxylic acids is 1. The summed E-state index contributed by atoms with van der Waals surface area (Å²) in [5.41, 5.74) is 3.37. The van der Waals surface area contributed by atoms with Crippen LogP contribution in [0.25, 0.3) is 0 Å². The molecule has 9 nitrogen and oxygen atoms in total. The molecule has 1 saturated heterocycles. The fraction of sp³-hybridized carbons (Fsp3) is 0.348. The molecule has 174 valence electrons. The van der Waals surface area contributed by atoms with Gasteiger partial charge in [-0.25, -0.2) is 4.79 Å². The molecule has 3 aromatic rings. The standard InChI is InChI=1S/C23H28N6O3S/c1-15(33-23-28-25-14-29(23)2)16-5-4-6-18(11-16)26-22(30)27-19-8-7-17(12-20(19)31-3)21-13-24-9-10-32-21/h4-8,11-12,14-15,21,24H,9-10,13H2,1-3H3,(H2,26,27,30). The van der Waals surface area contributed by atoms with Gasteiger partial charge < -0.3 is 30.0 Å². The van der Waals surface area contributed by atoms with Gasteiger partial charge in [0.05, 0.1) is 25.5 Å². The van der Waals surface area contributed by atoms with Crippen LogP contribution in [0.4, 0.5) is 16.2 Å². The number of nitrogens with zero attached hydrogens (tertiary/aromatic N) is 3. The zero-order valence-electron chi connectivity index (χ0n) is 18.9. The largest absolute Gasteiger partial charge is 0.495 e. The van der Waals surface area contributed by atoms with E-state index in [1.165, 1.54) is 0 Å². The average Bonchev–Trinajstić information content (AvgIpc) is 3.24. The zero-order valence-corrected chi connectivity index (χ0v) is 19.7. The highest BCUT2D eigenvalue weighted by atomic mass is 32.2. The van der Waals surface area contributed by atoms with Crippen molar-refractivity contribution in [2.75, 3.05) is 37.4 Å². The molecule has 1 aromatic heterocycles. The first kappa shape index (κ1) is 23.1. The van der Waals surface area contributed by atoms with Gasteiger partial charge in [0.2, 0.25) is 0 Å². The smallest absolute Gasteiger partial charge is 0.323 e. The second kappa shape index (κ2) is 10.7. The Morgan fingerprint density at radius 2 is 2.18 bits per heavy atom. The van der Waals surface area contributed by atoms with Crippen LogP contribution in [0.15, 0.2) is 53.9 Å². The predicted molar refractivity (Wildman–Crippen MR) is 129 cm³/mol. The Morgan fingerprint density at radius 3 is 2.91 bits per heavy atom. The Bertz CT molecular complexity index is 1100. The number of benzene rings is 2. The number of methoxy groups -OCH3 is 1. The minimum Gasteiger partial charge on any atom is -0.495 e. The van der Waals surface area contributed by atoms with Crippen LogP contribution < -0.4 is 20.7 Å². The van der Waals surface area contributed by atoms with Crippen LogP contribution in [0, 0.1) is 0 Å². The number of hydrogen-bond acceptors (Lipinski definition) is 7. The molecule has 4 rings (SSSR count). The number of thioether (sulfide) groups is 1. The highest BCUT2D eigenvalue weighted by Gasteiger charge is 2.18. The van der Waals surface area contributed by atoms with Crippen molar-refractivity contribution in [2.45, 2.75) is 23.4 Å². The lowest BCUT2D eigenvalue weighted by atomic mass is 10.1. The lowest BCUT2D eigenvalue weighted by Crippen LogP contribution is -2.33. The van der Waals surface area contributed by atoms with Gasteiger partial charge in [-0.15, -0.1) is 10.2 Å². The van der Waals surface area contributed by atoms with E-state index < -0.39 is 0 Å². The molecule has 0 radical (unpaired) electrons. The van der Waals surface area contributed by atoms with Crippen molar-refractivity contribution >= 4 is 29.2 Å². The van der Waals surface area contributed by atoms with Crippen LogP contribution in [0.2, 0.25) is 0 Å². The third-order valence-corrected chi connectivity index (χ3v) is 6.55. The molecule has 10 heteroatoms. The van der Waals surface area contributed by atoms with Crippen LogP contribution in [-0.4, -0.2) is 47.6 Å². The van der Waals surface area contributed by atoms with Gasteiger partial charge in [-0.1, -0.05) is 30.0 Å². The van der Waals surface area contributed by atoms with Crippen molar-refractivity contribution in [1.82, 2.24) is 20.1 Å². The van der Waals surface area contributed by atoms with Gasteiger partial charge in [-0.3, -0.25) is 0 Å². The van der Waals surface area contributed by atoms with E-state index in [2.05, 4.69) is 33.1 Å². The van der Waals surface area contributed by atoms with E-state index in [1.807, 2.05) is 54.1 Å². The van der Waals surface area contributed by atoms with Gasteiger partial charge in [0, 0.05) is 31.1 Å². The molecule has 2 unspecified atom stereocenters. The van der Waals surface area contributed by atoms with Gasteiger partial charge in [0.15, 0.2) is 5.16 Å². The van der Waals surface area contributed by atoms with Gasteiger partial charge >= 0.3 is 6.03 Å². The lowest BCUT2D eigenvalue weighted by molar-refractivity contribution is 0.0276. The number of morpholine rings is 1. The molecular formula is C23H28N6O3S. The number of hydrogen-bond donors (Lipinski definition) is 3. The SMILES string of the molecule is COc1cc(C2CNCCO2)ccc1NC(=O)Nc1cccc(C(C)Sc2nncn2C)c1. The molecule has 1 fully saturated rings. The first-order valence-electron chi connectivity index (χ1n) is 10.7. The summed E-state index contributed by atoms with van der Waals surface area (Å²) in [5, 5.41) is 18.1. The summed E-state index contributed by atoms with van der Waals surface area (Å²) in [6.07, 6.45) is 1.65. The summed E-state index contributed by atoms with van der Waals surface area (Å²) in [6.45, 7) is 4.37. The Hall–Kier alpha value is -3.08. The molecule has 1 aliphatic heterocycles. The zero-order chi connectivity index (χ0) is 23.2. The summed E-state index contributed by atoms with van der Waals surface area (Å²) in [6, 6.07) is 13.1. The molecule has 0 saturated carbocycles. The second-order valence-corrected chi connectivity index (χ2v) is 9.02. The molecule has 2 heterocycles. The normalized spacial score (nSPS) is 16.8. The number of urea groups is 1. The van der Waals surface area contributed by atoms with Crippen molar-refractivity contribution in [1.29, 1.82) is 0 Å². The van der Waals surface area contributed by atoms with Crippen molar-refractivity contribution < 1.29 is 14.3 Å². The molecule has 33 heavy (non-hydrogen) atoms. The fourth-order valence-corrected chi connectivity index (χ4v) is 4.46. The van der Waals surface area contributed by atoms with Crippen molar-refractivity contribution in [2.24, 2.45) is 7.05 Å². The highest BCUT2D eigenvalue weighted by Crippen LogP contribution is 2.34. The second-order valence-electron chi connectivity index (χ2n) is 7.71. The summed E-state index contributed by atoms with van der Waals surface area (Å²) in [7, 11) is 3.50. The monoisotopic (exact) mass is 468 g/mol. The van der Waals surface area contributed by atoms with Crippen molar-refractivity contribution in [3.8, 4) is 5.75 Å². The van der Waals surface area contributed by atoms with Crippen LogP contribution >= 0.6 is 11.8 Å². The first-order valence-corrected chi connectivity index (χ1v) is 11.6. The third-order valence-electron chi connectivity index (χ3n) is 5.34. The highest BCUT2D eigenvalue weighted by molar-refractivity contribution is 7.99. The van der Waals surface area contributed by atoms with Gasteiger partial charge in [0.25, 0.3) is 0 Å². The van der Waals surface area contributed by atoms with Gasteiger partial charge in [-0.2, -0.15) is 0 Å². The number of amides is 2. The van der Waals surface area contributed by atoms with E-state index in [0.717, 1.165) is 29.4 Å².